The Kier molecular flexibility index (Phi) is 4.95. The summed E-state index contributed by atoms with van der Waals surface area (Å²) >= 11 is 0. The molecule has 0 spiro atoms. The van der Waals surface area contributed by atoms with Crippen LogP contribution in [0.25, 0.3) is 0 Å². The Morgan fingerprint density at radius 2 is 2.03 bits per heavy atom. The predicted molar refractivity (Wildman–Crippen MR) is 90.1 cm³/mol. The Morgan fingerprint density at radius 1 is 1.21 bits per heavy atom. The zero-order valence-electron chi connectivity index (χ0n) is 14.9. The molecule has 6 nitrogen and oxygen atoms in total. The maximum atomic E-state index is 13.7. The van der Waals surface area contributed by atoms with Crippen LogP contribution in [0, 0.1) is 11.6 Å². The second kappa shape index (κ2) is 7.43. The van der Waals surface area contributed by atoms with Crippen molar-refractivity contribution in [1.82, 2.24) is 4.90 Å². The summed E-state index contributed by atoms with van der Waals surface area (Å²) in [5.74, 6) is -2.76. The van der Waals surface area contributed by atoms with E-state index in [-0.39, 0.29) is 49.1 Å². The van der Waals surface area contributed by atoms with Crippen LogP contribution in [0.4, 0.5) is 17.6 Å². The van der Waals surface area contributed by atoms with Gasteiger partial charge in [-0.05, 0) is 24.3 Å². The van der Waals surface area contributed by atoms with Crippen molar-refractivity contribution in [2.45, 2.75) is 12.4 Å². The molecule has 1 atom stereocenters. The molecule has 1 amide bonds. The zero-order chi connectivity index (χ0) is 20.6. The molecule has 10 heteroatoms. The van der Waals surface area contributed by atoms with E-state index in [1.54, 1.807) is 0 Å². The van der Waals surface area contributed by atoms with Gasteiger partial charge in [0.15, 0.2) is 23.1 Å². The van der Waals surface area contributed by atoms with Gasteiger partial charge >= 0.3 is 6.29 Å². The number of rotatable bonds is 4. The lowest BCUT2D eigenvalue weighted by Gasteiger charge is -2.33. The highest BCUT2D eigenvalue weighted by molar-refractivity contribution is 5.98. The molecule has 4 rings (SSSR count). The fourth-order valence-electron chi connectivity index (χ4n) is 3.08. The molecule has 1 fully saturated rings. The second-order valence-corrected chi connectivity index (χ2v) is 6.43. The molecule has 2 heterocycles. The molecule has 0 bridgehead atoms. The lowest BCUT2D eigenvalue weighted by Crippen LogP contribution is -2.47. The molecule has 0 N–H and O–H groups in total. The van der Waals surface area contributed by atoms with Crippen LogP contribution >= 0.6 is 0 Å². The standard InChI is InChI=1S/C19H15F4NO5/c20-11-4-5-14(21)16(8-11)27-10-12-9-24(6-7-26-12)18(25)13-2-1-3-15-17(13)29-19(22,23)28-15/h1-5,8,12H,6-7,9-10H2. The van der Waals surface area contributed by atoms with Crippen molar-refractivity contribution in [3.05, 3.63) is 53.6 Å². The number of hydrogen-bond acceptors (Lipinski definition) is 5. The lowest BCUT2D eigenvalue weighted by atomic mass is 10.1. The molecular formula is C19H15F4NO5. The van der Waals surface area contributed by atoms with Gasteiger partial charge in [-0.1, -0.05) is 6.07 Å². The van der Waals surface area contributed by atoms with Crippen LogP contribution in [0.15, 0.2) is 36.4 Å². The molecule has 154 valence electrons. The van der Waals surface area contributed by atoms with Crippen LogP contribution in [-0.2, 0) is 4.74 Å². The number of amides is 1. The number of para-hydroxylation sites is 1. The SMILES string of the molecule is O=C(c1cccc2c1OC(F)(F)O2)N1CCOC(COc2cc(F)ccc2F)C1. The first-order valence-electron chi connectivity index (χ1n) is 8.70. The number of hydrogen-bond donors (Lipinski definition) is 0. The molecule has 2 aliphatic rings. The van der Waals surface area contributed by atoms with Crippen molar-refractivity contribution in [2.75, 3.05) is 26.3 Å². The molecular weight excluding hydrogens is 398 g/mol. The average molecular weight is 413 g/mol. The van der Waals surface area contributed by atoms with E-state index < -0.39 is 29.9 Å². The van der Waals surface area contributed by atoms with Gasteiger partial charge in [0.1, 0.15) is 18.5 Å². The summed E-state index contributed by atoms with van der Waals surface area (Å²) in [5.41, 5.74) is -0.0718. The van der Waals surface area contributed by atoms with Crippen molar-refractivity contribution in [3.63, 3.8) is 0 Å². The third kappa shape index (κ3) is 4.07. The molecule has 1 unspecified atom stereocenters. The minimum atomic E-state index is -3.84. The van der Waals surface area contributed by atoms with Gasteiger partial charge in [-0.25, -0.2) is 8.78 Å². The molecule has 29 heavy (non-hydrogen) atoms. The number of benzene rings is 2. The molecule has 0 aliphatic carbocycles. The molecule has 2 aromatic rings. The molecule has 0 aromatic heterocycles. The van der Waals surface area contributed by atoms with E-state index in [4.69, 9.17) is 9.47 Å². The van der Waals surface area contributed by atoms with Gasteiger partial charge < -0.3 is 23.8 Å². The Labute approximate surface area is 162 Å². The summed E-state index contributed by atoms with van der Waals surface area (Å²) in [6, 6.07) is 6.85. The summed E-state index contributed by atoms with van der Waals surface area (Å²) < 4.78 is 73.2. The van der Waals surface area contributed by atoms with Crippen LogP contribution in [0.1, 0.15) is 10.4 Å². The predicted octanol–water partition coefficient (Wildman–Crippen LogP) is 3.21. The summed E-state index contributed by atoms with van der Waals surface area (Å²) in [6.07, 6.45) is -4.46. The van der Waals surface area contributed by atoms with E-state index in [0.29, 0.717) is 0 Å². The minimum absolute atomic E-state index is 0.0662. The second-order valence-electron chi connectivity index (χ2n) is 6.43. The topological polar surface area (TPSA) is 57.2 Å². The summed E-state index contributed by atoms with van der Waals surface area (Å²) in [7, 11) is 0. The Bertz CT molecular complexity index is 939. The molecule has 1 saturated heterocycles. The van der Waals surface area contributed by atoms with Crippen LogP contribution in [0.5, 0.6) is 17.2 Å². The Hall–Kier alpha value is -3.01. The first-order valence-corrected chi connectivity index (χ1v) is 8.70. The molecule has 0 radical (unpaired) electrons. The largest absolute Gasteiger partial charge is 0.586 e. The van der Waals surface area contributed by atoms with E-state index in [2.05, 4.69) is 9.47 Å². The number of alkyl halides is 2. The van der Waals surface area contributed by atoms with Crippen LogP contribution in [0.2, 0.25) is 0 Å². The van der Waals surface area contributed by atoms with Crippen molar-refractivity contribution in [3.8, 4) is 17.2 Å². The fraction of sp³-hybridized carbons (Fsp3) is 0.316. The van der Waals surface area contributed by atoms with Gasteiger partial charge in [-0.15, -0.1) is 8.78 Å². The summed E-state index contributed by atoms with van der Waals surface area (Å²) in [4.78, 5) is 14.2. The van der Waals surface area contributed by atoms with Crippen LogP contribution < -0.4 is 14.2 Å². The molecule has 2 aromatic carbocycles. The molecule has 2 aliphatic heterocycles. The number of morpholine rings is 1. The number of fused-ring (bicyclic) bond motifs is 1. The number of nitrogens with zero attached hydrogens (tertiary/aromatic N) is 1. The van der Waals surface area contributed by atoms with Crippen molar-refractivity contribution >= 4 is 5.91 Å². The average Bonchev–Trinajstić information content (AvgIpc) is 3.02. The van der Waals surface area contributed by atoms with E-state index >= 15 is 0 Å². The van der Waals surface area contributed by atoms with Crippen molar-refractivity contribution < 1.29 is 41.3 Å². The van der Waals surface area contributed by atoms with Crippen molar-refractivity contribution in [1.29, 1.82) is 0 Å². The van der Waals surface area contributed by atoms with Crippen molar-refractivity contribution in [2.24, 2.45) is 0 Å². The quantitative estimate of drug-likeness (QED) is 0.721. The van der Waals surface area contributed by atoms with E-state index in [9.17, 15) is 22.4 Å². The van der Waals surface area contributed by atoms with Gasteiger partial charge in [0.05, 0.1) is 18.7 Å². The Morgan fingerprint density at radius 3 is 2.86 bits per heavy atom. The van der Waals surface area contributed by atoms with Gasteiger partial charge in [-0.2, -0.15) is 0 Å². The highest BCUT2D eigenvalue weighted by Gasteiger charge is 2.45. The van der Waals surface area contributed by atoms with Gasteiger partial charge in [0.25, 0.3) is 5.91 Å². The zero-order valence-corrected chi connectivity index (χ0v) is 14.9. The first-order chi connectivity index (χ1) is 13.8. The lowest BCUT2D eigenvalue weighted by molar-refractivity contribution is -0.286. The number of carbonyl (C=O) groups excluding carboxylic acids is 1. The highest BCUT2D eigenvalue weighted by Crippen LogP contribution is 2.43. The maximum Gasteiger partial charge on any atom is 0.586 e. The first kappa shape index (κ1) is 19.3. The third-order valence-electron chi connectivity index (χ3n) is 4.40. The van der Waals surface area contributed by atoms with Gasteiger partial charge in [-0.3, -0.25) is 4.79 Å². The number of ether oxygens (including phenoxy) is 4. The molecule has 0 saturated carbocycles. The van der Waals surface area contributed by atoms with E-state index in [1.807, 2.05) is 0 Å². The highest BCUT2D eigenvalue weighted by atomic mass is 19.3. The number of carbonyl (C=O) groups is 1. The van der Waals surface area contributed by atoms with Gasteiger partial charge in [0.2, 0.25) is 0 Å². The number of halogens is 4. The minimum Gasteiger partial charge on any atom is -0.488 e. The fourth-order valence-corrected chi connectivity index (χ4v) is 3.08. The smallest absolute Gasteiger partial charge is 0.488 e. The monoisotopic (exact) mass is 413 g/mol. The van der Waals surface area contributed by atoms with E-state index in [1.165, 1.54) is 23.1 Å². The summed E-state index contributed by atoms with van der Waals surface area (Å²) in [6.45, 7) is 0.309. The van der Waals surface area contributed by atoms with Gasteiger partial charge in [0, 0.05) is 12.6 Å². The third-order valence-corrected chi connectivity index (χ3v) is 4.40. The normalized spacial score (nSPS) is 19.9. The Balaban J connectivity index is 1.43. The van der Waals surface area contributed by atoms with E-state index in [0.717, 1.165) is 18.2 Å². The summed E-state index contributed by atoms with van der Waals surface area (Å²) in [5, 5.41) is 0. The van der Waals surface area contributed by atoms with Crippen LogP contribution in [-0.4, -0.2) is 49.5 Å². The van der Waals surface area contributed by atoms with Crippen LogP contribution in [0.3, 0.4) is 0 Å². The maximum absolute atomic E-state index is 13.7.